The molecule has 0 spiro atoms. The molecule has 0 aliphatic carbocycles. The van der Waals surface area contributed by atoms with E-state index in [1.165, 1.54) is 10.5 Å². The molecule has 0 fully saturated rings. The molecule has 3 rings (SSSR count). The van der Waals surface area contributed by atoms with E-state index in [0.717, 1.165) is 18.2 Å². The van der Waals surface area contributed by atoms with Gasteiger partial charge in [0, 0.05) is 24.6 Å². The van der Waals surface area contributed by atoms with Crippen LogP contribution < -0.4 is 10.2 Å². The fourth-order valence-corrected chi connectivity index (χ4v) is 3.05. The maximum absolute atomic E-state index is 13.6. The smallest absolute Gasteiger partial charge is 0.329 e. The molecule has 0 radical (unpaired) electrons. The van der Waals surface area contributed by atoms with E-state index in [1.54, 1.807) is 19.2 Å². The van der Waals surface area contributed by atoms with Crippen molar-refractivity contribution in [3.63, 3.8) is 0 Å². The van der Waals surface area contributed by atoms with Gasteiger partial charge in [0.25, 0.3) is 0 Å². The van der Waals surface area contributed by atoms with Gasteiger partial charge in [0.15, 0.2) is 5.82 Å². The van der Waals surface area contributed by atoms with Crippen molar-refractivity contribution < 1.29 is 13.2 Å². The highest BCUT2D eigenvalue weighted by atomic mass is 19.4. The van der Waals surface area contributed by atoms with Gasteiger partial charge in [-0.05, 0) is 47.7 Å². The first-order chi connectivity index (χ1) is 14.2. The molecule has 4 nitrogen and oxygen atoms in total. The van der Waals surface area contributed by atoms with Crippen molar-refractivity contribution in [2.45, 2.75) is 39.3 Å². The van der Waals surface area contributed by atoms with Crippen molar-refractivity contribution in [2.75, 3.05) is 17.3 Å². The average molecular weight is 414 g/mol. The molecular formula is C23H25F3N4. The minimum Gasteiger partial charge on any atom is -0.329 e. The third-order valence-corrected chi connectivity index (χ3v) is 4.96. The summed E-state index contributed by atoms with van der Waals surface area (Å²) in [6.07, 6.45) is -2.84. The molecule has 0 bridgehead atoms. The molecule has 3 aromatic rings. The van der Waals surface area contributed by atoms with Crippen LogP contribution in [0.2, 0.25) is 0 Å². The highest BCUT2D eigenvalue weighted by Crippen LogP contribution is 2.38. The second-order valence-electron chi connectivity index (χ2n) is 7.41. The fourth-order valence-electron chi connectivity index (χ4n) is 3.05. The molecule has 7 heteroatoms. The average Bonchev–Trinajstić information content (AvgIpc) is 2.73. The van der Waals surface area contributed by atoms with Crippen molar-refractivity contribution in [3.05, 3.63) is 71.4 Å². The Balaban J connectivity index is 1.96. The van der Waals surface area contributed by atoms with Gasteiger partial charge in [-0.3, -0.25) is 0 Å². The van der Waals surface area contributed by atoms with Crippen molar-refractivity contribution in [1.82, 2.24) is 9.97 Å². The summed E-state index contributed by atoms with van der Waals surface area (Å²) in [5, 5.41) is 2.99. The Morgan fingerprint density at radius 1 is 1.00 bits per heavy atom. The molecule has 0 atom stereocenters. The first kappa shape index (κ1) is 21.6. The van der Waals surface area contributed by atoms with E-state index < -0.39 is 11.7 Å². The van der Waals surface area contributed by atoms with E-state index in [1.807, 2.05) is 36.4 Å². The zero-order chi connectivity index (χ0) is 21.9. The summed E-state index contributed by atoms with van der Waals surface area (Å²) in [6, 6.07) is 15.0. The highest BCUT2D eigenvalue weighted by Gasteiger charge is 2.36. The fraction of sp³-hybridized carbons (Fsp3) is 0.304. The first-order valence-corrected chi connectivity index (χ1v) is 9.83. The number of alkyl halides is 3. The topological polar surface area (TPSA) is 41.1 Å². The number of hydrogen-bond acceptors (Lipinski definition) is 4. The summed E-state index contributed by atoms with van der Waals surface area (Å²) in [5.74, 6) is 0.236. The van der Waals surface area contributed by atoms with Crippen LogP contribution in [0.25, 0.3) is 0 Å². The van der Waals surface area contributed by atoms with Crippen LogP contribution >= 0.6 is 0 Å². The van der Waals surface area contributed by atoms with E-state index >= 15 is 0 Å². The second-order valence-corrected chi connectivity index (χ2v) is 7.41. The van der Waals surface area contributed by atoms with Gasteiger partial charge < -0.3 is 10.2 Å². The van der Waals surface area contributed by atoms with Gasteiger partial charge >= 0.3 is 6.18 Å². The maximum atomic E-state index is 13.6. The van der Waals surface area contributed by atoms with Gasteiger partial charge in [-0.15, -0.1) is 0 Å². The zero-order valence-corrected chi connectivity index (χ0v) is 17.5. The molecule has 0 saturated heterocycles. The van der Waals surface area contributed by atoms with Crippen LogP contribution in [0.5, 0.6) is 0 Å². The number of nitrogens with zero attached hydrogens (tertiary/aromatic N) is 3. The Labute approximate surface area is 174 Å². The van der Waals surface area contributed by atoms with Crippen molar-refractivity contribution in [2.24, 2.45) is 0 Å². The molecule has 2 aromatic carbocycles. The molecule has 0 saturated carbocycles. The Morgan fingerprint density at radius 2 is 1.63 bits per heavy atom. The summed E-state index contributed by atoms with van der Waals surface area (Å²) in [7, 11) is 1.57. The predicted molar refractivity (Wildman–Crippen MR) is 115 cm³/mol. The van der Waals surface area contributed by atoms with Crippen LogP contribution in [0.15, 0.2) is 54.7 Å². The lowest BCUT2D eigenvalue weighted by Gasteiger charge is -2.23. The summed E-state index contributed by atoms with van der Waals surface area (Å²) in [5.41, 5.74) is 2.72. The minimum absolute atomic E-state index is 0.105. The lowest BCUT2D eigenvalue weighted by atomic mass is 10.0. The van der Waals surface area contributed by atoms with E-state index in [9.17, 15) is 13.2 Å². The first-order valence-electron chi connectivity index (χ1n) is 9.83. The molecule has 1 heterocycles. The number of anilines is 4. The third-order valence-electron chi connectivity index (χ3n) is 4.96. The number of benzene rings is 2. The third kappa shape index (κ3) is 4.90. The zero-order valence-electron chi connectivity index (χ0n) is 17.5. The molecule has 0 amide bonds. The van der Waals surface area contributed by atoms with Gasteiger partial charge in [0.05, 0.1) is 0 Å². The van der Waals surface area contributed by atoms with E-state index in [2.05, 4.69) is 36.1 Å². The van der Waals surface area contributed by atoms with E-state index in [0.29, 0.717) is 17.3 Å². The van der Waals surface area contributed by atoms with Gasteiger partial charge in [-0.1, -0.05) is 45.0 Å². The normalized spacial score (nSPS) is 11.6. The van der Waals surface area contributed by atoms with Crippen molar-refractivity contribution in [1.29, 1.82) is 0 Å². The monoisotopic (exact) mass is 414 g/mol. The predicted octanol–water partition coefficient (Wildman–Crippen LogP) is 6.69. The Morgan fingerprint density at radius 3 is 2.17 bits per heavy atom. The second kappa shape index (κ2) is 8.73. The van der Waals surface area contributed by atoms with Gasteiger partial charge in [-0.25, -0.2) is 4.98 Å². The molecule has 1 aromatic heterocycles. The summed E-state index contributed by atoms with van der Waals surface area (Å²) in [4.78, 5) is 9.51. The molecule has 158 valence electrons. The van der Waals surface area contributed by atoms with Gasteiger partial charge in [-0.2, -0.15) is 18.2 Å². The Hall–Kier alpha value is -3.09. The minimum atomic E-state index is -4.57. The van der Waals surface area contributed by atoms with Gasteiger partial charge in [0.1, 0.15) is 5.56 Å². The SMILES string of the molecule is CCc1ccc(Nc2ncc(C(F)(F)F)c(N(C)c3ccc(C(C)C)cc3)n2)cc1. The van der Waals surface area contributed by atoms with Crippen LogP contribution in [0.4, 0.5) is 36.3 Å². The summed E-state index contributed by atoms with van der Waals surface area (Å²) >= 11 is 0. The Bertz CT molecular complexity index is 981. The highest BCUT2D eigenvalue weighted by molar-refractivity contribution is 5.65. The summed E-state index contributed by atoms with van der Waals surface area (Å²) in [6.45, 7) is 6.18. The molecule has 0 unspecified atom stereocenters. The van der Waals surface area contributed by atoms with Crippen LogP contribution in [0.1, 0.15) is 43.4 Å². The lowest BCUT2D eigenvalue weighted by Crippen LogP contribution is -2.19. The van der Waals surface area contributed by atoms with Crippen LogP contribution in [0, 0.1) is 0 Å². The lowest BCUT2D eigenvalue weighted by molar-refractivity contribution is -0.137. The standard InChI is InChI=1S/C23H25F3N4/c1-5-16-6-10-18(11-7-16)28-22-27-14-20(23(24,25)26)21(29-22)30(4)19-12-8-17(9-13-19)15(2)3/h6-15H,5H2,1-4H3,(H,27,28,29). The number of aromatic nitrogens is 2. The van der Waals surface area contributed by atoms with E-state index in [-0.39, 0.29) is 11.8 Å². The van der Waals surface area contributed by atoms with Crippen molar-refractivity contribution >= 4 is 23.1 Å². The Kier molecular flexibility index (Phi) is 6.29. The maximum Gasteiger partial charge on any atom is 0.421 e. The molecule has 30 heavy (non-hydrogen) atoms. The molecular weight excluding hydrogens is 389 g/mol. The van der Waals surface area contributed by atoms with Crippen LogP contribution in [-0.4, -0.2) is 17.0 Å². The van der Waals surface area contributed by atoms with E-state index in [4.69, 9.17) is 0 Å². The van der Waals surface area contributed by atoms with Crippen LogP contribution in [-0.2, 0) is 12.6 Å². The molecule has 0 aliphatic rings. The van der Waals surface area contributed by atoms with Gasteiger partial charge in [0.2, 0.25) is 5.95 Å². The number of aryl methyl sites for hydroxylation is 1. The summed E-state index contributed by atoms with van der Waals surface area (Å²) < 4.78 is 40.8. The quantitative estimate of drug-likeness (QED) is 0.488. The van der Waals surface area contributed by atoms with Crippen molar-refractivity contribution in [3.8, 4) is 0 Å². The molecule has 1 N–H and O–H groups in total. The largest absolute Gasteiger partial charge is 0.421 e. The van der Waals surface area contributed by atoms with Crippen LogP contribution in [0.3, 0.4) is 0 Å². The molecule has 0 aliphatic heterocycles. The number of rotatable bonds is 6. The number of hydrogen-bond donors (Lipinski definition) is 1. The number of nitrogens with one attached hydrogen (secondary N) is 1. The number of halogens is 3.